The van der Waals surface area contributed by atoms with Crippen molar-refractivity contribution in [1.82, 2.24) is 14.9 Å². The monoisotopic (exact) mass is 251 g/mol. The summed E-state index contributed by atoms with van der Waals surface area (Å²) in [4.78, 5) is 4.86. The quantitative estimate of drug-likeness (QED) is 0.665. The summed E-state index contributed by atoms with van der Waals surface area (Å²) in [6.45, 7) is 5.43. The molecule has 0 saturated carbocycles. The minimum Gasteiger partial charge on any atom is -0.331 e. The van der Waals surface area contributed by atoms with Crippen molar-refractivity contribution in [2.45, 2.75) is 26.4 Å². The molecule has 0 fully saturated rings. The van der Waals surface area contributed by atoms with Crippen LogP contribution in [-0.2, 0) is 6.42 Å². The maximum Gasteiger partial charge on any atom is 0.0912 e. The number of pyridine rings is 1. The van der Waals surface area contributed by atoms with Gasteiger partial charge in [-0.25, -0.2) is 4.98 Å². The second-order valence-corrected chi connectivity index (χ2v) is 5.37. The van der Waals surface area contributed by atoms with Crippen LogP contribution in [0.2, 0.25) is 0 Å². The number of benzene rings is 1. The number of nitrogens with zero attached hydrogens (tertiary/aromatic N) is 2. The normalized spacial score (nSPS) is 18.9. The third kappa shape index (κ3) is 1.45. The lowest BCUT2D eigenvalue weighted by Gasteiger charge is -2.31. The molecule has 0 spiro atoms. The number of para-hydroxylation sites is 1. The average molecular weight is 251 g/mol. The van der Waals surface area contributed by atoms with Gasteiger partial charge in [-0.1, -0.05) is 18.2 Å². The first kappa shape index (κ1) is 11.0. The lowest BCUT2D eigenvalue weighted by molar-refractivity contribution is 0.381. The van der Waals surface area contributed by atoms with E-state index in [-0.39, 0.29) is 0 Å². The SMILES string of the molecule is Cc1cc2c3ccccc3nc-2c2n1[C@@H](C)NCC2. The minimum absolute atomic E-state index is 0.355. The highest BCUT2D eigenvalue weighted by molar-refractivity contribution is 5.98. The molecule has 4 rings (SSSR count). The van der Waals surface area contributed by atoms with Gasteiger partial charge in [0, 0.05) is 35.3 Å². The van der Waals surface area contributed by atoms with Crippen molar-refractivity contribution in [3.8, 4) is 11.3 Å². The van der Waals surface area contributed by atoms with Crippen LogP contribution >= 0.6 is 0 Å². The van der Waals surface area contributed by atoms with E-state index in [4.69, 9.17) is 4.98 Å². The maximum atomic E-state index is 4.86. The second kappa shape index (κ2) is 3.81. The van der Waals surface area contributed by atoms with E-state index in [2.05, 4.69) is 54.1 Å². The van der Waals surface area contributed by atoms with Crippen LogP contribution < -0.4 is 5.32 Å². The van der Waals surface area contributed by atoms with Gasteiger partial charge in [0.2, 0.25) is 0 Å². The van der Waals surface area contributed by atoms with Crippen molar-refractivity contribution in [2.75, 3.05) is 6.54 Å². The van der Waals surface area contributed by atoms with Crippen molar-refractivity contribution in [1.29, 1.82) is 0 Å². The molecule has 0 bridgehead atoms. The Labute approximate surface area is 112 Å². The highest BCUT2D eigenvalue weighted by Crippen LogP contribution is 2.36. The molecule has 0 unspecified atom stereocenters. The van der Waals surface area contributed by atoms with E-state index in [0.29, 0.717) is 6.17 Å². The molecular weight excluding hydrogens is 234 g/mol. The molecule has 3 heteroatoms. The molecule has 3 aliphatic rings. The van der Waals surface area contributed by atoms with Gasteiger partial charge < -0.3 is 4.57 Å². The smallest absolute Gasteiger partial charge is 0.0912 e. The fourth-order valence-electron chi connectivity index (χ4n) is 3.35. The van der Waals surface area contributed by atoms with Gasteiger partial charge in [-0.3, -0.25) is 5.32 Å². The molecule has 0 aliphatic carbocycles. The molecule has 0 radical (unpaired) electrons. The molecule has 0 amide bonds. The largest absolute Gasteiger partial charge is 0.331 e. The average Bonchev–Trinajstić information content (AvgIpc) is 2.78. The summed E-state index contributed by atoms with van der Waals surface area (Å²) in [6, 6.07) is 10.7. The summed E-state index contributed by atoms with van der Waals surface area (Å²) in [5.74, 6) is 0. The number of hydrogen-bond acceptors (Lipinski definition) is 2. The zero-order valence-electron chi connectivity index (χ0n) is 11.3. The predicted octanol–water partition coefficient (Wildman–Crippen LogP) is 3.11. The zero-order valence-corrected chi connectivity index (χ0v) is 11.3. The standard InChI is InChI=1S/C16H17N3/c1-10-9-13-12-5-3-4-6-14(12)18-16(13)15-7-8-17-11(2)19(10)15/h3-6,9,11,17H,7-8H2,1-2H3/t11-/m0/s1. The van der Waals surface area contributed by atoms with Crippen LogP contribution in [-0.4, -0.2) is 16.1 Å². The van der Waals surface area contributed by atoms with Gasteiger partial charge in [-0.15, -0.1) is 0 Å². The molecule has 96 valence electrons. The Balaban J connectivity index is 2.14. The van der Waals surface area contributed by atoms with Crippen molar-refractivity contribution in [3.63, 3.8) is 0 Å². The van der Waals surface area contributed by atoms with Gasteiger partial charge in [0.25, 0.3) is 0 Å². The van der Waals surface area contributed by atoms with Gasteiger partial charge >= 0.3 is 0 Å². The molecule has 1 atom stereocenters. The van der Waals surface area contributed by atoms with Crippen molar-refractivity contribution < 1.29 is 0 Å². The number of aryl methyl sites for hydroxylation is 1. The van der Waals surface area contributed by atoms with E-state index in [0.717, 1.165) is 18.5 Å². The summed E-state index contributed by atoms with van der Waals surface area (Å²) >= 11 is 0. The summed E-state index contributed by atoms with van der Waals surface area (Å²) in [5, 5.41) is 4.79. The Morgan fingerprint density at radius 3 is 3.05 bits per heavy atom. The van der Waals surface area contributed by atoms with Gasteiger partial charge in [0.15, 0.2) is 0 Å². The van der Waals surface area contributed by atoms with Crippen LogP contribution in [0.5, 0.6) is 0 Å². The van der Waals surface area contributed by atoms with Gasteiger partial charge in [-0.2, -0.15) is 0 Å². The number of hydrogen-bond donors (Lipinski definition) is 1. The van der Waals surface area contributed by atoms with Crippen molar-refractivity contribution >= 4 is 10.9 Å². The van der Waals surface area contributed by atoms with Crippen LogP contribution in [0.25, 0.3) is 22.2 Å². The topological polar surface area (TPSA) is 29.9 Å². The lowest BCUT2D eigenvalue weighted by Crippen LogP contribution is -2.35. The highest BCUT2D eigenvalue weighted by atomic mass is 15.2. The fourth-order valence-corrected chi connectivity index (χ4v) is 3.35. The highest BCUT2D eigenvalue weighted by Gasteiger charge is 2.24. The molecule has 0 aromatic heterocycles. The molecule has 3 heterocycles. The van der Waals surface area contributed by atoms with E-state index in [1.165, 1.54) is 28.0 Å². The Bertz CT molecular complexity index is 741. The second-order valence-electron chi connectivity index (χ2n) is 5.37. The molecule has 3 nitrogen and oxygen atoms in total. The molecule has 0 saturated heterocycles. The number of nitrogens with one attached hydrogen (secondary N) is 1. The first-order valence-corrected chi connectivity index (χ1v) is 6.88. The van der Waals surface area contributed by atoms with Crippen molar-refractivity contribution in [2.24, 2.45) is 0 Å². The molecule has 1 aromatic rings. The first-order valence-electron chi connectivity index (χ1n) is 6.88. The zero-order chi connectivity index (χ0) is 13.0. The third-order valence-electron chi connectivity index (χ3n) is 4.17. The van der Waals surface area contributed by atoms with E-state index in [1.807, 2.05) is 0 Å². The third-order valence-corrected chi connectivity index (χ3v) is 4.17. The fraction of sp³-hybridized carbons (Fsp3) is 0.312. The van der Waals surface area contributed by atoms with Gasteiger partial charge in [0.05, 0.1) is 17.4 Å². The molecule has 1 aromatic carbocycles. The summed E-state index contributed by atoms with van der Waals surface area (Å²) < 4.78 is 2.39. The van der Waals surface area contributed by atoms with Crippen LogP contribution in [0.3, 0.4) is 0 Å². The van der Waals surface area contributed by atoms with Crippen LogP contribution in [0.1, 0.15) is 24.5 Å². The first-order chi connectivity index (χ1) is 9.25. The Morgan fingerprint density at radius 2 is 2.16 bits per heavy atom. The van der Waals surface area contributed by atoms with E-state index >= 15 is 0 Å². The number of fused-ring (bicyclic) bond motifs is 5. The van der Waals surface area contributed by atoms with Gasteiger partial charge in [-0.05, 0) is 26.0 Å². The molecule has 19 heavy (non-hydrogen) atoms. The van der Waals surface area contributed by atoms with Crippen molar-refractivity contribution in [3.05, 3.63) is 41.7 Å². The maximum absolute atomic E-state index is 4.86. The van der Waals surface area contributed by atoms with E-state index in [1.54, 1.807) is 0 Å². The molecule has 3 aliphatic heterocycles. The Kier molecular flexibility index (Phi) is 2.21. The van der Waals surface area contributed by atoms with Crippen LogP contribution in [0, 0.1) is 6.92 Å². The number of rotatable bonds is 0. The predicted molar refractivity (Wildman–Crippen MR) is 77.5 cm³/mol. The van der Waals surface area contributed by atoms with E-state index in [9.17, 15) is 0 Å². The lowest BCUT2D eigenvalue weighted by atomic mass is 10.0. The van der Waals surface area contributed by atoms with E-state index < -0.39 is 0 Å². The van der Waals surface area contributed by atoms with Crippen LogP contribution in [0.4, 0.5) is 0 Å². The summed E-state index contributed by atoms with van der Waals surface area (Å²) in [6.07, 6.45) is 1.40. The number of aromatic nitrogens is 2. The Morgan fingerprint density at radius 1 is 1.32 bits per heavy atom. The van der Waals surface area contributed by atoms with Gasteiger partial charge in [0.1, 0.15) is 0 Å². The minimum atomic E-state index is 0.355. The molecule has 1 N–H and O–H groups in total. The Hall–Kier alpha value is -1.87. The summed E-state index contributed by atoms with van der Waals surface area (Å²) in [5.41, 5.74) is 6.27. The molecular formula is C16H17N3. The van der Waals surface area contributed by atoms with Crippen LogP contribution in [0.15, 0.2) is 30.3 Å². The summed E-state index contributed by atoms with van der Waals surface area (Å²) in [7, 11) is 0.